The Bertz CT molecular complexity index is 288. The van der Waals surface area contributed by atoms with Gasteiger partial charge in [0.25, 0.3) is 0 Å². The van der Waals surface area contributed by atoms with Crippen LogP contribution in [0.1, 0.15) is 0 Å². The third-order valence-corrected chi connectivity index (χ3v) is 5.08. The van der Waals surface area contributed by atoms with Crippen LogP contribution < -0.4 is 0 Å². The Labute approximate surface area is 80.5 Å². The fourth-order valence-electron chi connectivity index (χ4n) is 0.425. The topological polar surface area (TPSA) is 34.1 Å². The van der Waals surface area contributed by atoms with E-state index in [4.69, 9.17) is 0 Å². The van der Waals surface area contributed by atoms with Gasteiger partial charge in [0.1, 0.15) is 4.21 Å². The summed E-state index contributed by atoms with van der Waals surface area (Å²) in [5.74, 6) is 0. The first-order valence-electron chi connectivity index (χ1n) is 2.20. The summed E-state index contributed by atoms with van der Waals surface area (Å²) in [6, 6.07) is 1.57. The van der Waals surface area contributed by atoms with Gasteiger partial charge in [-0.2, -0.15) is 0 Å². The standard InChI is InChI=1S/C4H2Br2O2S2/c5-2-1-3(10(7)8)9-4(2)6/h1,10H. The van der Waals surface area contributed by atoms with E-state index in [2.05, 4.69) is 31.9 Å². The molecule has 0 amide bonds. The molecule has 1 aromatic heterocycles. The van der Waals surface area contributed by atoms with Crippen LogP contribution in [-0.4, -0.2) is 8.42 Å². The lowest BCUT2D eigenvalue weighted by atomic mass is 10.7. The minimum atomic E-state index is -2.43. The van der Waals surface area contributed by atoms with Gasteiger partial charge in [0.05, 0.1) is 3.79 Å². The van der Waals surface area contributed by atoms with Gasteiger partial charge in [0.2, 0.25) is 0 Å². The predicted octanol–water partition coefficient (Wildman–Crippen LogP) is 2.24. The molecule has 1 heterocycles. The summed E-state index contributed by atoms with van der Waals surface area (Å²) in [4.78, 5) is 0. The van der Waals surface area contributed by atoms with E-state index >= 15 is 0 Å². The van der Waals surface area contributed by atoms with Gasteiger partial charge >= 0.3 is 0 Å². The Morgan fingerprint density at radius 1 is 1.40 bits per heavy atom. The van der Waals surface area contributed by atoms with Crippen LogP contribution in [0.15, 0.2) is 18.5 Å². The van der Waals surface area contributed by atoms with Gasteiger partial charge < -0.3 is 0 Å². The fraction of sp³-hybridized carbons (Fsp3) is 0. The lowest BCUT2D eigenvalue weighted by molar-refractivity contribution is 0.616. The summed E-state index contributed by atoms with van der Waals surface area (Å²) in [6.45, 7) is 0. The van der Waals surface area contributed by atoms with Crippen molar-refractivity contribution >= 4 is 53.9 Å². The van der Waals surface area contributed by atoms with Crippen molar-refractivity contribution in [2.75, 3.05) is 0 Å². The summed E-state index contributed by atoms with van der Waals surface area (Å²) in [5, 5.41) is 0. The Kier molecular flexibility index (Phi) is 2.91. The molecular weight excluding hydrogens is 304 g/mol. The summed E-state index contributed by atoms with van der Waals surface area (Å²) >= 11 is 7.57. The van der Waals surface area contributed by atoms with Gasteiger partial charge in [-0.25, -0.2) is 8.42 Å². The Balaban J connectivity index is 3.22. The molecule has 0 unspecified atom stereocenters. The largest absolute Gasteiger partial charge is 0.226 e. The summed E-state index contributed by atoms with van der Waals surface area (Å²) in [7, 11) is -2.43. The molecule has 1 rings (SSSR count). The van der Waals surface area contributed by atoms with E-state index in [0.717, 1.165) is 8.26 Å². The first-order chi connectivity index (χ1) is 4.61. The molecule has 0 aliphatic heterocycles. The molecule has 10 heavy (non-hydrogen) atoms. The molecule has 0 aromatic carbocycles. The predicted molar refractivity (Wildman–Crippen MR) is 48.3 cm³/mol. The molecule has 0 saturated heterocycles. The zero-order valence-corrected chi connectivity index (χ0v) is 9.39. The normalized spacial score (nSPS) is 10.7. The Hall–Kier alpha value is 0.610. The number of thiophene rings is 1. The number of rotatable bonds is 1. The number of thiol groups is 1. The van der Waals surface area contributed by atoms with E-state index in [1.165, 1.54) is 11.3 Å². The first-order valence-corrected chi connectivity index (χ1v) is 5.78. The second-order valence-electron chi connectivity index (χ2n) is 1.46. The molecule has 0 bridgehead atoms. The molecule has 0 N–H and O–H groups in total. The SMILES string of the molecule is O=[SH](=O)c1cc(Br)c(Br)s1. The van der Waals surface area contributed by atoms with E-state index in [-0.39, 0.29) is 0 Å². The van der Waals surface area contributed by atoms with Crippen molar-refractivity contribution in [2.24, 2.45) is 0 Å². The third-order valence-electron chi connectivity index (χ3n) is 0.812. The van der Waals surface area contributed by atoms with Crippen LogP contribution in [0.4, 0.5) is 0 Å². The maximum atomic E-state index is 10.4. The quantitative estimate of drug-likeness (QED) is 0.808. The van der Waals surface area contributed by atoms with Crippen LogP contribution in [0, 0.1) is 0 Å². The number of halogens is 2. The average Bonchev–Trinajstić information content (AvgIpc) is 2.13. The maximum absolute atomic E-state index is 10.4. The lowest BCUT2D eigenvalue weighted by Gasteiger charge is -1.74. The van der Waals surface area contributed by atoms with E-state index in [9.17, 15) is 8.42 Å². The molecular formula is C4H2Br2O2S2. The van der Waals surface area contributed by atoms with Crippen LogP contribution in [0.3, 0.4) is 0 Å². The molecule has 0 aliphatic carbocycles. The van der Waals surface area contributed by atoms with Gasteiger partial charge in [0.15, 0.2) is 10.7 Å². The van der Waals surface area contributed by atoms with Gasteiger partial charge in [-0.05, 0) is 37.9 Å². The average molecular weight is 306 g/mol. The molecule has 0 saturated carbocycles. The highest BCUT2D eigenvalue weighted by molar-refractivity contribution is 9.13. The molecule has 0 spiro atoms. The highest BCUT2D eigenvalue weighted by atomic mass is 79.9. The zero-order valence-electron chi connectivity index (χ0n) is 4.51. The lowest BCUT2D eigenvalue weighted by Crippen LogP contribution is -1.67. The van der Waals surface area contributed by atoms with Crippen molar-refractivity contribution in [3.05, 3.63) is 14.3 Å². The molecule has 0 atom stereocenters. The molecule has 2 nitrogen and oxygen atoms in total. The molecule has 0 radical (unpaired) electrons. The van der Waals surface area contributed by atoms with Gasteiger partial charge in [-0.3, -0.25) is 0 Å². The summed E-state index contributed by atoms with van der Waals surface area (Å²) in [6.07, 6.45) is 0. The monoisotopic (exact) mass is 304 g/mol. The molecule has 0 aliphatic rings. The van der Waals surface area contributed by atoms with Crippen molar-refractivity contribution in [1.82, 2.24) is 0 Å². The van der Waals surface area contributed by atoms with Crippen molar-refractivity contribution in [3.63, 3.8) is 0 Å². The smallest absolute Gasteiger partial charge is 0.177 e. The van der Waals surface area contributed by atoms with Crippen LogP contribution in [-0.2, 0) is 10.7 Å². The Morgan fingerprint density at radius 3 is 2.20 bits per heavy atom. The van der Waals surface area contributed by atoms with E-state index in [1.54, 1.807) is 6.07 Å². The van der Waals surface area contributed by atoms with E-state index in [1.807, 2.05) is 0 Å². The van der Waals surface area contributed by atoms with Crippen LogP contribution >= 0.6 is 43.2 Å². The van der Waals surface area contributed by atoms with Crippen LogP contribution in [0.2, 0.25) is 0 Å². The minimum absolute atomic E-state index is 0.369. The van der Waals surface area contributed by atoms with Crippen molar-refractivity contribution in [1.29, 1.82) is 0 Å². The second-order valence-corrected chi connectivity index (χ2v) is 5.99. The van der Waals surface area contributed by atoms with Gasteiger partial charge in [-0.1, -0.05) is 0 Å². The fourth-order valence-corrected chi connectivity index (χ4v) is 3.56. The molecule has 0 fully saturated rings. The summed E-state index contributed by atoms with van der Waals surface area (Å²) in [5.41, 5.74) is 0. The maximum Gasteiger partial charge on any atom is 0.177 e. The van der Waals surface area contributed by atoms with Crippen molar-refractivity contribution in [2.45, 2.75) is 4.21 Å². The van der Waals surface area contributed by atoms with Gasteiger partial charge in [0, 0.05) is 4.47 Å². The van der Waals surface area contributed by atoms with Crippen LogP contribution in [0.5, 0.6) is 0 Å². The molecule has 1 aromatic rings. The molecule has 6 heteroatoms. The van der Waals surface area contributed by atoms with Crippen molar-refractivity contribution < 1.29 is 8.42 Å². The summed E-state index contributed by atoms with van der Waals surface area (Å²) < 4.78 is 22.7. The van der Waals surface area contributed by atoms with Gasteiger partial charge in [-0.15, -0.1) is 11.3 Å². The first kappa shape index (κ1) is 8.70. The number of hydrogen-bond donors (Lipinski definition) is 1. The highest BCUT2D eigenvalue weighted by Gasteiger charge is 2.04. The molecule has 56 valence electrons. The van der Waals surface area contributed by atoms with Crippen molar-refractivity contribution in [3.8, 4) is 0 Å². The van der Waals surface area contributed by atoms with E-state index in [0.29, 0.717) is 4.21 Å². The number of hydrogen-bond acceptors (Lipinski definition) is 3. The second kappa shape index (κ2) is 3.34. The van der Waals surface area contributed by atoms with E-state index < -0.39 is 10.7 Å². The minimum Gasteiger partial charge on any atom is -0.226 e. The zero-order chi connectivity index (χ0) is 7.72. The highest BCUT2D eigenvalue weighted by Crippen LogP contribution is 2.32. The Morgan fingerprint density at radius 2 is 2.00 bits per heavy atom. The third kappa shape index (κ3) is 1.81. The van der Waals surface area contributed by atoms with Crippen LogP contribution in [0.25, 0.3) is 0 Å².